The maximum Gasteiger partial charge on any atom is 0.416 e. The number of amides is 3. The first-order valence-electron chi connectivity index (χ1n) is 13.1. The molecule has 0 saturated heterocycles. The monoisotopic (exact) mass is 552 g/mol. The van der Waals surface area contributed by atoms with Crippen LogP contribution in [0.3, 0.4) is 0 Å². The molecule has 1 unspecified atom stereocenters. The zero-order valence-corrected chi connectivity index (χ0v) is 21.4. The first-order chi connectivity index (χ1) is 19.1. The van der Waals surface area contributed by atoms with Crippen LogP contribution in [0.4, 0.5) is 23.7 Å². The smallest absolute Gasteiger partial charge is 0.393 e. The summed E-state index contributed by atoms with van der Waals surface area (Å²) in [5.74, 6) is -0.743. The van der Waals surface area contributed by atoms with Gasteiger partial charge in [-0.25, -0.2) is 4.79 Å². The number of alkyl halides is 3. The van der Waals surface area contributed by atoms with Crippen LogP contribution in [0.5, 0.6) is 0 Å². The molecular formula is C29H27F3N4O4. The second kappa shape index (κ2) is 10.8. The van der Waals surface area contributed by atoms with E-state index in [0.717, 1.165) is 17.0 Å². The number of aliphatic hydroxyl groups excluding tert-OH is 1. The topological polar surface area (TPSA) is 114 Å². The highest BCUT2D eigenvalue weighted by molar-refractivity contribution is 6.08. The van der Waals surface area contributed by atoms with Gasteiger partial charge in [-0.2, -0.15) is 18.4 Å². The van der Waals surface area contributed by atoms with Gasteiger partial charge in [0.2, 0.25) is 5.91 Å². The molecule has 11 heteroatoms. The van der Waals surface area contributed by atoms with Crippen molar-refractivity contribution in [1.82, 2.24) is 10.2 Å². The molecule has 2 aromatic rings. The Kier molecular flexibility index (Phi) is 7.38. The highest BCUT2D eigenvalue weighted by atomic mass is 19.4. The molecule has 2 N–H and O–H groups in total. The summed E-state index contributed by atoms with van der Waals surface area (Å²) in [5.41, 5.74) is 0.436. The number of carbonyl (C=O) groups excluding carboxylic acids is 3. The molecule has 1 aliphatic heterocycles. The number of nitriles is 1. The average Bonchev–Trinajstić information content (AvgIpc) is 3.30. The van der Waals surface area contributed by atoms with E-state index in [9.17, 15) is 37.9 Å². The molecule has 8 nitrogen and oxygen atoms in total. The number of ketones is 1. The predicted octanol–water partition coefficient (Wildman–Crippen LogP) is 4.60. The first kappa shape index (κ1) is 27.4. The number of nitrogens with zero attached hydrogens (tertiary/aromatic N) is 3. The molecule has 0 bridgehead atoms. The van der Waals surface area contributed by atoms with Gasteiger partial charge >= 0.3 is 12.2 Å². The molecule has 0 radical (unpaired) electrons. The first-order valence-corrected chi connectivity index (χ1v) is 13.1. The maximum absolute atomic E-state index is 14.1. The van der Waals surface area contributed by atoms with Gasteiger partial charge in [0, 0.05) is 23.7 Å². The van der Waals surface area contributed by atoms with Gasteiger partial charge in [-0.05, 0) is 68.0 Å². The Morgan fingerprint density at radius 2 is 1.75 bits per heavy atom. The fraction of sp³-hybridized carbons (Fsp3) is 0.379. The minimum Gasteiger partial charge on any atom is -0.393 e. The normalized spacial score (nSPS) is 23.2. The van der Waals surface area contributed by atoms with Crippen molar-refractivity contribution in [3.05, 3.63) is 76.5 Å². The van der Waals surface area contributed by atoms with Gasteiger partial charge in [0.15, 0.2) is 5.78 Å². The van der Waals surface area contributed by atoms with Gasteiger partial charge in [-0.15, -0.1) is 0 Å². The van der Waals surface area contributed by atoms with Crippen molar-refractivity contribution in [2.75, 3.05) is 11.4 Å². The minimum absolute atomic E-state index is 0.0491. The number of aliphatic hydroxyl groups is 1. The summed E-state index contributed by atoms with van der Waals surface area (Å²) in [7, 11) is 0. The SMILES string of the molecule is N#Cc1ccc(C2C3=C(CCC3=O)N(c3cccc(C(F)(F)F)c3)C(=O)N2CC(=O)NC2CCC(O)CC2)cc1. The van der Waals surface area contributed by atoms with Crippen molar-refractivity contribution in [1.29, 1.82) is 5.26 Å². The van der Waals surface area contributed by atoms with E-state index in [4.69, 9.17) is 0 Å². The van der Waals surface area contributed by atoms with Crippen LogP contribution in [-0.2, 0) is 15.8 Å². The Hall–Kier alpha value is -4.17. The number of rotatable bonds is 5. The molecule has 3 aliphatic rings. The average molecular weight is 553 g/mol. The summed E-state index contributed by atoms with van der Waals surface area (Å²) in [6.07, 6.45) is -2.61. The quantitative estimate of drug-likeness (QED) is 0.563. The molecule has 1 heterocycles. The zero-order valence-electron chi connectivity index (χ0n) is 21.4. The number of halogens is 3. The van der Waals surface area contributed by atoms with Crippen molar-refractivity contribution >= 4 is 23.4 Å². The molecule has 1 fully saturated rings. The fourth-order valence-electron chi connectivity index (χ4n) is 5.70. The number of nitrogens with one attached hydrogen (secondary N) is 1. The Bertz CT molecular complexity index is 1410. The molecule has 5 rings (SSSR count). The van der Waals surface area contributed by atoms with Crippen LogP contribution in [0.1, 0.15) is 61.3 Å². The maximum atomic E-state index is 14.1. The number of hydrogen-bond donors (Lipinski definition) is 2. The number of allylic oxidation sites excluding steroid dienone is 1. The number of benzene rings is 2. The fourth-order valence-corrected chi connectivity index (χ4v) is 5.70. The summed E-state index contributed by atoms with van der Waals surface area (Å²) >= 11 is 0. The molecule has 3 amide bonds. The number of Topliss-reactive ketones (excluding diaryl/α,β-unsaturated/α-hetero) is 1. The van der Waals surface area contributed by atoms with Gasteiger partial charge in [0.25, 0.3) is 0 Å². The van der Waals surface area contributed by atoms with E-state index in [-0.39, 0.29) is 35.9 Å². The van der Waals surface area contributed by atoms with Crippen LogP contribution in [0.2, 0.25) is 0 Å². The van der Waals surface area contributed by atoms with Gasteiger partial charge in [0.05, 0.1) is 35.0 Å². The van der Waals surface area contributed by atoms with Crippen molar-refractivity contribution in [2.24, 2.45) is 0 Å². The lowest BCUT2D eigenvalue weighted by molar-refractivity contribution is -0.137. The largest absolute Gasteiger partial charge is 0.416 e. The molecular weight excluding hydrogens is 525 g/mol. The highest BCUT2D eigenvalue weighted by Gasteiger charge is 2.47. The number of hydrogen-bond acceptors (Lipinski definition) is 5. The van der Waals surface area contributed by atoms with E-state index < -0.39 is 42.4 Å². The Morgan fingerprint density at radius 3 is 2.40 bits per heavy atom. The van der Waals surface area contributed by atoms with Crippen LogP contribution >= 0.6 is 0 Å². The second-order valence-corrected chi connectivity index (χ2v) is 10.3. The van der Waals surface area contributed by atoms with Crippen LogP contribution in [-0.4, -0.2) is 46.4 Å². The van der Waals surface area contributed by atoms with Crippen molar-refractivity contribution in [3.63, 3.8) is 0 Å². The van der Waals surface area contributed by atoms with E-state index in [1.807, 2.05) is 6.07 Å². The molecule has 1 saturated carbocycles. The van der Waals surface area contributed by atoms with Crippen LogP contribution < -0.4 is 10.2 Å². The van der Waals surface area contributed by atoms with Crippen molar-refractivity contribution in [2.45, 2.75) is 62.9 Å². The third-order valence-corrected chi connectivity index (χ3v) is 7.66. The van der Waals surface area contributed by atoms with Gasteiger partial charge < -0.3 is 15.3 Å². The van der Waals surface area contributed by atoms with E-state index in [1.54, 1.807) is 24.3 Å². The number of carbonyl (C=O) groups is 3. The summed E-state index contributed by atoms with van der Waals surface area (Å²) in [5, 5.41) is 21.9. The Morgan fingerprint density at radius 1 is 1.05 bits per heavy atom. The standard InChI is InChI=1S/C29H27F3N4O4/c30-29(31,32)19-2-1-3-21(14-19)36-23-12-13-24(38)26(23)27(18-6-4-17(15-33)5-7-18)35(28(36)40)16-25(39)34-20-8-10-22(37)11-9-20/h1-7,14,20,22,27,37H,8-13,16H2,(H,34,39). The van der Waals surface area contributed by atoms with Crippen LogP contribution in [0, 0.1) is 11.3 Å². The van der Waals surface area contributed by atoms with Gasteiger partial charge in [0.1, 0.15) is 6.54 Å². The predicted molar refractivity (Wildman–Crippen MR) is 138 cm³/mol. The third kappa shape index (κ3) is 5.31. The van der Waals surface area contributed by atoms with E-state index in [2.05, 4.69) is 5.32 Å². The summed E-state index contributed by atoms with van der Waals surface area (Å²) in [6, 6.07) is 10.8. The lowest BCUT2D eigenvalue weighted by Gasteiger charge is -2.42. The summed E-state index contributed by atoms with van der Waals surface area (Å²) in [4.78, 5) is 42.8. The lowest BCUT2D eigenvalue weighted by Crippen LogP contribution is -2.54. The van der Waals surface area contributed by atoms with Crippen molar-refractivity contribution in [3.8, 4) is 6.07 Å². The number of urea groups is 1. The zero-order chi connectivity index (χ0) is 28.6. The summed E-state index contributed by atoms with van der Waals surface area (Å²) < 4.78 is 40.6. The molecule has 2 aromatic carbocycles. The molecule has 0 aromatic heterocycles. The van der Waals surface area contributed by atoms with Gasteiger partial charge in [-0.3, -0.25) is 14.5 Å². The van der Waals surface area contributed by atoms with E-state index in [1.165, 1.54) is 17.0 Å². The molecule has 2 aliphatic carbocycles. The van der Waals surface area contributed by atoms with Crippen molar-refractivity contribution < 1.29 is 32.7 Å². The van der Waals surface area contributed by atoms with E-state index >= 15 is 0 Å². The Balaban J connectivity index is 1.56. The molecule has 0 spiro atoms. The molecule has 208 valence electrons. The highest BCUT2D eigenvalue weighted by Crippen LogP contribution is 2.45. The second-order valence-electron chi connectivity index (χ2n) is 10.3. The summed E-state index contributed by atoms with van der Waals surface area (Å²) in [6.45, 7) is -0.442. The molecule has 1 atom stereocenters. The van der Waals surface area contributed by atoms with Crippen LogP contribution in [0.15, 0.2) is 59.8 Å². The Labute approximate surface area is 228 Å². The third-order valence-electron chi connectivity index (χ3n) is 7.66. The lowest BCUT2D eigenvalue weighted by atomic mass is 9.92. The van der Waals surface area contributed by atoms with Crippen LogP contribution in [0.25, 0.3) is 0 Å². The minimum atomic E-state index is -4.64. The van der Waals surface area contributed by atoms with E-state index in [0.29, 0.717) is 42.5 Å². The molecule has 40 heavy (non-hydrogen) atoms. The number of anilines is 1. The van der Waals surface area contributed by atoms with Gasteiger partial charge in [-0.1, -0.05) is 18.2 Å².